The zero-order chi connectivity index (χ0) is 17.6. The first kappa shape index (κ1) is 20.6. The Bertz CT molecular complexity index is 849. The Kier molecular flexibility index (Phi) is 7.83. The van der Waals surface area contributed by atoms with Gasteiger partial charge in [0.2, 0.25) is 0 Å². The number of halogens is 1. The summed E-state index contributed by atoms with van der Waals surface area (Å²) in [4.78, 5) is 5.15. The number of nitrogens with one attached hydrogen (secondary N) is 1. The molecule has 5 nitrogen and oxygen atoms in total. The molecule has 0 bridgehead atoms. The number of aliphatic imine (C=N–C) groups is 1. The number of hydrogen-bond acceptors (Lipinski definition) is 4. The zero-order valence-corrected chi connectivity index (χ0v) is 17.5. The van der Waals surface area contributed by atoms with Crippen LogP contribution in [0.25, 0.3) is 10.1 Å². The molecule has 0 amide bonds. The van der Waals surface area contributed by atoms with Crippen molar-refractivity contribution in [3.05, 3.63) is 65.0 Å². The standard InChI is InChI=1S/C19H21N3O2S.HI/c1-24-12-14-7-2-4-8-15(14)22-19(20)21-11-16(23)18-10-13-6-3-5-9-17(13)25-18;/h2-10,16,23H,11-12H2,1H3,(H3,20,21,22);1H. The van der Waals surface area contributed by atoms with E-state index >= 15 is 0 Å². The fourth-order valence-corrected chi connectivity index (χ4v) is 3.58. The second kappa shape index (κ2) is 9.86. The first-order valence-electron chi connectivity index (χ1n) is 7.97. The number of thiophene rings is 1. The van der Waals surface area contributed by atoms with Gasteiger partial charge >= 0.3 is 0 Å². The van der Waals surface area contributed by atoms with Gasteiger partial charge in [-0.25, -0.2) is 0 Å². The Morgan fingerprint density at radius 1 is 1.23 bits per heavy atom. The number of benzene rings is 2. The molecule has 138 valence electrons. The number of aliphatic hydroxyl groups is 1. The maximum absolute atomic E-state index is 10.4. The van der Waals surface area contributed by atoms with Crippen molar-refractivity contribution in [3.63, 3.8) is 0 Å². The van der Waals surface area contributed by atoms with Crippen molar-refractivity contribution in [3.8, 4) is 0 Å². The minimum atomic E-state index is -0.674. The van der Waals surface area contributed by atoms with Crippen LogP contribution in [0, 0.1) is 0 Å². The van der Waals surface area contributed by atoms with Crippen LogP contribution in [-0.4, -0.2) is 24.7 Å². The average molecular weight is 483 g/mol. The fourth-order valence-electron chi connectivity index (χ4n) is 2.54. The van der Waals surface area contributed by atoms with E-state index in [1.165, 1.54) is 0 Å². The van der Waals surface area contributed by atoms with Gasteiger partial charge in [0, 0.05) is 27.9 Å². The molecule has 1 heterocycles. The number of aliphatic hydroxyl groups excluding tert-OH is 1. The van der Waals surface area contributed by atoms with E-state index in [1.807, 2.05) is 54.6 Å². The summed E-state index contributed by atoms with van der Waals surface area (Å²) in [5.41, 5.74) is 7.81. The summed E-state index contributed by atoms with van der Waals surface area (Å²) in [6.45, 7) is 0.693. The van der Waals surface area contributed by atoms with E-state index in [9.17, 15) is 5.11 Å². The van der Waals surface area contributed by atoms with E-state index in [4.69, 9.17) is 10.5 Å². The Morgan fingerprint density at radius 2 is 1.96 bits per heavy atom. The third-order valence-corrected chi connectivity index (χ3v) is 5.00. The largest absolute Gasteiger partial charge is 0.386 e. The molecule has 1 atom stereocenters. The highest BCUT2D eigenvalue weighted by molar-refractivity contribution is 14.0. The molecule has 4 N–H and O–H groups in total. The van der Waals surface area contributed by atoms with E-state index in [1.54, 1.807) is 18.4 Å². The maximum Gasteiger partial charge on any atom is 0.193 e. The van der Waals surface area contributed by atoms with Crippen LogP contribution < -0.4 is 11.1 Å². The molecule has 0 saturated heterocycles. The van der Waals surface area contributed by atoms with Crippen molar-refractivity contribution >= 4 is 57.0 Å². The number of nitrogens with zero attached hydrogens (tertiary/aromatic N) is 1. The van der Waals surface area contributed by atoms with E-state index in [0.717, 1.165) is 26.2 Å². The predicted molar refractivity (Wildman–Crippen MR) is 119 cm³/mol. The van der Waals surface area contributed by atoms with Crippen molar-refractivity contribution in [1.29, 1.82) is 0 Å². The van der Waals surface area contributed by atoms with Crippen molar-refractivity contribution in [2.45, 2.75) is 12.7 Å². The summed E-state index contributed by atoms with van der Waals surface area (Å²) in [6.07, 6.45) is -0.674. The summed E-state index contributed by atoms with van der Waals surface area (Å²) >= 11 is 1.57. The molecule has 0 aliphatic rings. The van der Waals surface area contributed by atoms with Crippen molar-refractivity contribution < 1.29 is 9.84 Å². The van der Waals surface area contributed by atoms with Crippen LogP contribution in [0.4, 0.5) is 5.69 Å². The van der Waals surface area contributed by atoms with Gasteiger partial charge in [-0.2, -0.15) is 0 Å². The molecule has 0 radical (unpaired) electrons. The molecule has 0 aliphatic heterocycles. The van der Waals surface area contributed by atoms with Gasteiger partial charge in [-0.1, -0.05) is 36.4 Å². The van der Waals surface area contributed by atoms with Crippen LogP contribution in [-0.2, 0) is 11.3 Å². The summed E-state index contributed by atoms with van der Waals surface area (Å²) in [7, 11) is 1.65. The van der Waals surface area contributed by atoms with Crippen LogP contribution in [0.2, 0.25) is 0 Å². The molecule has 3 rings (SSSR count). The molecule has 2 aromatic carbocycles. The van der Waals surface area contributed by atoms with Gasteiger partial charge in [-0.3, -0.25) is 4.99 Å². The monoisotopic (exact) mass is 483 g/mol. The third kappa shape index (κ3) is 5.16. The van der Waals surface area contributed by atoms with Gasteiger partial charge in [0.25, 0.3) is 0 Å². The number of anilines is 1. The van der Waals surface area contributed by atoms with E-state index in [-0.39, 0.29) is 36.5 Å². The second-order valence-electron chi connectivity index (χ2n) is 5.64. The lowest BCUT2D eigenvalue weighted by atomic mass is 10.2. The Morgan fingerprint density at radius 3 is 2.73 bits per heavy atom. The molecule has 1 unspecified atom stereocenters. The molecule has 7 heteroatoms. The van der Waals surface area contributed by atoms with E-state index in [2.05, 4.69) is 10.3 Å². The van der Waals surface area contributed by atoms with Crippen molar-refractivity contribution in [2.24, 2.45) is 10.7 Å². The number of ether oxygens (including phenoxy) is 1. The van der Waals surface area contributed by atoms with Crippen LogP contribution in [0.3, 0.4) is 0 Å². The van der Waals surface area contributed by atoms with Crippen LogP contribution in [0.5, 0.6) is 0 Å². The minimum Gasteiger partial charge on any atom is -0.386 e. The topological polar surface area (TPSA) is 79.9 Å². The van der Waals surface area contributed by atoms with Crippen LogP contribution in [0.1, 0.15) is 16.5 Å². The molecule has 26 heavy (non-hydrogen) atoms. The zero-order valence-electron chi connectivity index (χ0n) is 14.4. The normalized spacial score (nSPS) is 12.6. The highest BCUT2D eigenvalue weighted by Crippen LogP contribution is 2.29. The third-order valence-electron chi connectivity index (χ3n) is 3.79. The summed E-state index contributed by atoms with van der Waals surface area (Å²) < 4.78 is 6.33. The minimum absolute atomic E-state index is 0. The van der Waals surface area contributed by atoms with Gasteiger partial charge in [0.1, 0.15) is 6.10 Å². The van der Waals surface area contributed by atoms with Gasteiger partial charge in [0.15, 0.2) is 5.96 Å². The molecule has 3 aromatic rings. The van der Waals surface area contributed by atoms with Gasteiger partial charge in [-0.15, -0.1) is 35.3 Å². The number of methoxy groups -OCH3 is 1. The predicted octanol–water partition coefficient (Wildman–Crippen LogP) is 4.13. The number of nitrogens with two attached hydrogens (primary N) is 1. The Balaban J connectivity index is 0.00000243. The summed E-state index contributed by atoms with van der Waals surface area (Å²) in [5, 5.41) is 14.6. The van der Waals surface area contributed by atoms with Crippen molar-refractivity contribution in [1.82, 2.24) is 0 Å². The lowest BCUT2D eigenvalue weighted by Gasteiger charge is -2.11. The second-order valence-corrected chi connectivity index (χ2v) is 6.76. The Labute approximate surface area is 173 Å². The number of hydrogen-bond donors (Lipinski definition) is 3. The molecule has 0 spiro atoms. The van der Waals surface area contributed by atoms with Gasteiger partial charge in [-0.05, 0) is 23.6 Å². The highest BCUT2D eigenvalue weighted by Gasteiger charge is 2.11. The van der Waals surface area contributed by atoms with Crippen LogP contribution in [0.15, 0.2) is 59.6 Å². The van der Waals surface area contributed by atoms with Gasteiger partial charge < -0.3 is 20.9 Å². The lowest BCUT2D eigenvalue weighted by molar-refractivity contribution is 0.185. The van der Waals surface area contributed by atoms with Crippen LogP contribution >= 0.6 is 35.3 Å². The average Bonchev–Trinajstić information content (AvgIpc) is 3.06. The molecule has 0 fully saturated rings. The smallest absolute Gasteiger partial charge is 0.193 e. The molecule has 1 aromatic heterocycles. The summed E-state index contributed by atoms with van der Waals surface area (Å²) in [5.74, 6) is 0.267. The molecular formula is C19H22IN3O2S. The first-order chi connectivity index (χ1) is 12.2. The number of fused-ring (bicyclic) bond motifs is 1. The van der Waals surface area contributed by atoms with Crippen molar-refractivity contribution in [2.75, 3.05) is 19.0 Å². The SMILES string of the molecule is COCc1ccccc1NC(N)=NCC(O)c1cc2ccccc2s1.I. The maximum atomic E-state index is 10.4. The number of rotatable bonds is 6. The number of guanidine groups is 1. The van der Waals surface area contributed by atoms with E-state index in [0.29, 0.717) is 6.61 Å². The van der Waals surface area contributed by atoms with E-state index < -0.39 is 6.10 Å². The molecule has 0 saturated carbocycles. The Hall–Kier alpha value is -1.68. The molecule has 0 aliphatic carbocycles. The first-order valence-corrected chi connectivity index (χ1v) is 8.79. The highest BCUT2D eigenvalue weighted by atomic mass is 127. The lowest BCUT2D eigenvalue weighted by Crippen LogP contribution is -2.24. The number of para-hydroxylation sites is 1. The molecular weight excluding hydrogens is 461 g/mol. The quantitative estimate of drug-likeness (QED) is 0.280. The fraction of sp³-hybridized carbons (Fsp3) is 0.211. The van der Waals surface area contributed by atoms with Gasteiger partial charge in [0.05, 0.1) is 13.2 Å². The summed E-state index contributed by atoms with van der Waals surface area (Å²) in [6, 6.07) is 17.8.